The number of aliphatic imine (C=N–C) groups is 1. The van der Waals surface area contributed by atoms with Gasteiger partial charge in [-0.05, 0) is 55.5 Å². The second kappa shape index (κ2) is 8.84. The lowest BCUT2D eigenvalue weighted by Gasteiger charge is -2.40. The van der Waals surface area contributed by atoms with Crippen molar-refractivity contribution in [3.63, 3.8) is 0 Å². The van der Waals surface area contributed by atoms with Crippen molar-refractivity contribution in [2.75, 3.05) is 10.6 Å². The molecule has 1 unspecified atom stereocenters. The number of pyridine rings is 1. The number of aromatic nitrogens is 1. The Kier molecular flexibility index (Phi) is 5.61. The average molecular weight is 415 g/mol. The fourth-order valence-corrected chi connectivity index (χ4v) is 4.61. The van der Waals surface area contributed by atoms with Crippen molar-refractivity contribution in [2.24, 2.45) is 4.99 Å². The van der Waals surface area contributed by atoms with Crippen LogP contribution in [0.1, 0.15) is 45.4 Å². The molecule has 31 heavy (non-hydrogen) atoms. The molecule has 160 valence electrons. The number of rotatable bonds is 5. The van der Waals surface area contributed by atoms with E-state index >= 15 is 0 Å². The molecule has 0 radical (unpaired) electrons. The predicted molar refractivity (Wildman–Crippen MR) is 127 cm³/mol. The maximum absolute atomic E-state index is 5.04. The molecule has 0 spiro atoms. The van der Waals surface area contributed by atoms with Crippen LogP contribution in [-0.4, -0.2) is 28.1 Å². The molecule has 1 saturated carbocycles. The van der Waals surface area contributed by atoms with Gasteiger partial charge in [-0.15, -0.1) is 0 Å². The van der Waals surface area contributed by atoms with Crippen molar-refractivity contribution in [1.82, 2.24) is 15.2 Å². The third-order valence-corrected chi connectivity index (χ3v) is 6.30. The molecule has 1 fully saturated rings. The summed E-state index contributed by atoms with van der Waals surface area (Å²) in [6.45, 7) is 2.24. The number of hydrogen-bond acceptors (Lipinski definition) is 6. The van der Waals surface area contributed by atoms with Crippen molar-refractivity contribution in [1.29, 1.82) is 0 Å². The van der Waals surface area contributed by atoms with E-state index < -0.39 is 0 Å². The molecule has 5 rings (SSSR count). The minimum Gasteiger partial charge on any atom is -0.354 e. The summed E-state index contributed by atoms with van der Waals surface area (Å²) in [5, 5.41) is 10.1. The van der Waals surface area contributed by atoms with Crippen molar-refractivity contribution in [3.05, 3.63) is 72.2 Å². The largest absolute Gasteiger partial charge is 0.354 e. The number of benzene rings is 1. The van der Waals surface area contributed by atoms with E-state index in [1.165, 1.54) is 36.8 Å². The van der Waals surface area contributed by atoms with Gasteiger partial charge in [-0.2, -0.15) is 0 Å². The number of nitrogens with one attached hydrogen (secondary N) is 3. The zero-order valence-corrected chi connectivity index (χ0v) is 18.0. The summed E-state index contributed by atoms with van der Waals surface area (Å²) in [5.74, 6) is 1.52. The van der Waals surface area contributed by atoms with Gasteiger partial charge in [-0.3, -0.25) is 0 Å². The number of guanidine groups is 1. The van der Waals surface area contributed by atoms with Crippen LogP contribution in [0.5, 0.6) is 0 Å². The molecule has 3 aliphatic rings. The highest BCUT2D eigenvalue weighted by atomic mass is 15.3. The summed E-state index contributed by atoms with van der Waals surface area (Å²) in [6.07, 6.45) is 13.7. The molecule has 1 aliphatic carbocycles. The number of allylic oxidation sites excluding steroid dienone is 1. The van der Waals surface area contributed by atoms with Gasteiger partial charge in [0.1, 0.15) is 12.0 Å². The fraction of sp³-hybridized carbons (Fsp3) is 0.360. The van der Waals surface area contributed by atoms with Crippen LogP contribution in [0, 0.1) is 0 Å². The third kappa shape index (κ3) is 4.43. The second-order valence-electron chi connectivity index (χ2n) is 8.47. The van der Waals surface area contributed by atoms with Crippen LogP contribution < -0.4 is 16.0 Å². The van der Waals surface area contributed by atoms with Crippen LogP contribution in [-0.2, 0) is 0 Å². The summed E-state index contributed by atoms with van der Waals surface area (Å²) in [6, 6.07) is 14.7. The van der Waals surface area contributed by atoms with Gasteiger partial charge >= 0.3 is 0 Å². The Balaban J connectivity index is 1.29. The monoisotopic (exact) mass is 414 g/mol. The van der Waals surface area contributed by atoms with Crippen molar-refractivity contribution < 1.29 is 0 Å². The Hall–Kier alpha value is -3.28. The number of hydrogen-bond donors (Lipinski definition) is 3. The molecule has 6 heteroatoms. The maximum Gasteiger partial charge on any atom is 0.203 e. The van der Waals surface area contributed by atoms with E-state index in [4.69, 9.17) is 4.99 Å². The van der Waals surface area contributed by atoms with Gasteiger partial charge in [0.25, 0.3) is 0 Å². The Morgan fingerprint density at radius 3 is 2.61 bits per heavy atom. The molecule has 0 saturated heterocycles. The van der Waals surface area contributed by atoms with Crippen molar-refractivity contribution >= 4 is 23.2 Å². The van der Waals surface area contributed by atoms with Gasteiger partial charge in [0.05, 0.1) is 11.9 Å². The molecule has 6 nitrogen and oxygen atoms in total. The van der Waals surface area contributed by atoms with Gasteiger partial charge < -0.3 is 20.9 Å². The first-order chi connectivity index (χ1) is 15.3. The topological polar surface area (TPSA) is 64.6 Å². The smallest absolute Gasteiger partial charge is 0.203 e. The fourth-order valence-electron chi connectivity index (χ4n) is 4.61. The van der Waals surface area contributed by atoms with Crippen LogP contribution in [0.4, 0.5) is 17.2 Å². The summed E-state index contributed by atoms with van der Waals surface area (Å²) in [5.41, 5.74) is 4.84. The van der Waals surface area contributed by atoms with Crippen LogP contribution in [0.15, 0.2) is 77.2 Å². The minimum atomic E-state index is 0.0844. The van der Waals surface area contributed by atoms with Gasteiger partial charge in [0.2, 0.25) is 5.96 Å². The molecule has 3 N–H and O–H groups in total. The number of para-hydroxylation sites is 1. The summed E-state index contributed by atoms with van der Waals surface area (Å²) in [7, 11) is 0. The highest BCUT2D eigenvalue weighted by Crippen LogP contribution is 2.35. The lowest BCUT2D eigenvalue weighted by Crippen LogP contribution is -2.45. The molecule has 3 heterocycles. The van der Waals surface area contributed by atoms with E-state index in [1.54, 1.807) is 0 Å². The number of nitrogens with zero attached hydrogens (tertiary/aromatic N) is 3. The van der Waals surface area contributed by atoms with Crippen LogP contribution in [0.3, 0.4) is 0 Å². The summed E-state index contributed by atoms with van der Waals surface area (Å²) < 4.78 is 0. The normalized spacial score (nSPS) is 20.9. The lowest BCUT2D eigenvalue weighted by molar-refractivity contribution is 0.218. The summed E-state index contributed by atoms with van der Waals surface area (Å²) >= 11 is 0. The zero-order chi connectivity index (χ0) is 21.0. The molecule has 1 aromatic heterocycles. The van der Waals surface area contributed by atoms with Gasteiger partial charge in [-0.25, -0.2) is 9.98 Å². The highest BCUT2D eigenvalue weighted by Gasteiger charge is 2.33. The first kappa shape index (κ1) is 19.7. The van der Waals surface area contributed by atoms with Gasteiger partial charge in [0.15, 0.2) is 0 Å². The Morgan fingerprint density at radius 1 is 1.03 bits per heavy atom. The SMILES string of the molecule is CCC1=CN(C2CCCC2)C2N=C(Nc3ccc(Nc4ccccc4)cn3)NC=C2C1. The molecular weight excluding hydrogens is 384 g/mol. The highest BCUT2D eigenvalue weighted by molar-refractivity contribution is 5.94. The average Bonchev–Trinajstić information content (AvgIpc) is 3.35. The number of anilines is 3. The van der Waals surface area contributed by atoms with Crippen molar-refractivity contribution in [3.8, 4) is 0 Å². The van der Waals surface area contributed by atoms with E-state index in [2.05, 4.69) is 45.2 Å². The Morgan fingerprint density at radius 2 is 1.87 bits per heavy atom. The second-order valence-corrected chi connectivity index (χ2v) is 8.47. The molecule has 0 amide bonds. The van der Waals surface area contributed by atoms with E-state index in [0.29, 0.717) is 6.04 Å². The summed E-state index contributed by atoms with van der Waals surface area (Å²) in [4.78, 5) is 12.1. The van der Waals surface area contributed by atoms with E-state index in [0.717, 1.165) is 36.0 Å². The van der Waals surface area contributed by atoms with E-state index in [-0.39, 0.29) is 6.17 Å². The third-order valence-electron chi connectivity index (χ3n) is 6.30. The quantitative estimate of drug-likeness (QED) is 0.616. The first-order valence-corrected chi connectivity index (χ1v) is 11.3. The van der Waals surface area contributed by atoms with E-state index in [9.17, 15) is 0 Å². The van der Waals surface area contributed by atoms with Gasteiger partial charge in [-0.1, -0.05) is 43.5 Å². The van der Waals surface area contributed by atoms with Crippen LogP contribution in [0.25, 0.3) is 0 Å². The van der Waals surface area contributed by atoms with E-state index in [1.807, 2.05) is 48.7 Å². The lowest BCUT2D eigenvalue weighted by atomic mass is 9.95. The van der Waals surface area contributed by atoms with Crippen LogP contribution in [0.2, 0.25) is 0 Å². The maximum atomic E-state index is 5.04. The minimum absolute atomic E-state index is 0.0844. The molecule has 2 aliphatic heterocycles. The molecular formula is C25H30N6. The number of fused-ring (bicyclic) bond motifs is 1. The molecule has 2 aromatic rings. The van der Waals surface area contributed by atoms with Crippen molar-refractivity contribution in [2.45, 2.75) is 57.7 Å². The van der Waals surface area contributed by atoms with Gasteiger partial charge in [0, 0.05) is 24.1 Å². The Bertz CT molecular complexity index is 986. The zero-order valence-electron chi connectivity index (χ0n) is 18.0. The molecule has 1 aromatic carbocycles. The molecule has 1 atom stereocenters. The first-order valence-electron chi connectivity index (χ1n) is 11.3. The Labute approximate surface area is 184 Å². The predicted octanol–water partition coefficient (Wildman–Crippen LogP) is 5.35. The van der Waals surface area contributed by atoms with Crippen LogP contribution >= 0.6 is 0 Å². The molecule has 0 bridgehead atoms. The standard InChI is InChI=1S/C25H30N6/c1-2-18-14-19-15-27-25(30-24(19)31(17-18)22-10-6-7-11-22)29-23-13-12-21(16-26-23)28-20-8-4-3-5-9-20/h3-5,8-9,12-13,15-17,22,24,28H,2,6-7,10-11,14H2,1H3,(H2,26,27,29,30).